The predicted octanol–water partition coefficient (Wildman–Crippen LogP) is 2.12. The third kappa shape index (κ3) is 7.48. The van der Waals surface area contributed by atoms with Crippen molar-refractivity contribution < 1.29 is 24.3 Å². The Balaban J connectivity index is 2.41. The van der Waals surface area contributed by atoms with Crippen molar-refractivity contribution in [3.8, 4) is 0 Å². The average molecular weight is 359 g/mol. The molecule has 1 aliphatic rings. The molecule has 0 aliphatic carbocycles. The highest BCUT2D eigenvalue weighted by molar-refractivity contribution is 5.73. The van der Waals surface area contributed by atoms with E-state index in [2.05, 4.69) is 5.48 Å². The zero-order valence-corrected chi connectivity index (χ0v) is 16.3. The lowest BCUT2D eigenvalue weighted by Gasteiger charge is -2.36. The Bertz CT molecular complexity index is 448. The molecule has 146 valence electrons. The van der Waals surface area contributed by atoms with E-state index in [1.165, 1.54) is 4.90 Å². The maximum atomic E-state index is 12.2. The molecule has 2 N–H and O–H groups in total. The molecular weight excluding hydrogens is 326 g/mol. The summed E-state index contributed by atoms with van der Waals surface area (Å²) in [5.41, 5.74) is 1.53. The van der Waals surface area contributed by atoms with Crippen LogP contribution >= 0.6 is 0 Å². The van der Waals surface area contributed by atoms with E-state index >= 15 is 0 Å². The molecular formula is C17H33N3O5. The first-order chi connectivity index (χ1) is 11.4. The van der Waals surface area contributed by atoms with E-state index in [1.54, 1.807) is 4.90 Å². The number of rotatable bonds is 4. The van der Waals surface area contributed by atoms with E-state index in [0.29, 0.717) is 25.9 Å². The molecule has 0 aromatic rings. The van der Waals surface area contributed by atoms with Crippen LogP contribution in [0.2, 0.25) is 0 Å². The first-order valence-electron chi connectivity index (χ1n) is 8.76. The lowest BCUT2D eigenvalue weighted by atomic mass is 10.1. The Hall–Kier alpha value is -1.54. The van der Waals surface area contributed by atoms with Gasteiger partial charge in [-0.25, -0.2) is 15.1 Å². The first-order valence-corrected chi connectivity index (χ1v) is 8.76. The van der Waals surface area contributed by atoms with E-state index in [9.17, 15) is 9.59 Å². The molecule has 0 radical (unpaired) electrons. The van der Waals surface area contributed by atoms with Crippen LogP contribution in [0, 0.1) is 0 Å². The Morgan fingerprint density at radius 3 is 2.16 bits per heavy atom. The Kier molecular flexibility index (Phi) is 7.49. The molecule has 8 nitrogen and oxygen atoms in total. The van der Waals surface area contributed by atoms with Gasteiger partial charge in [0.15, 0.2) is 0 Å². The number of β-amino-alcohol motifs (C(OH)–C–C–N with tert-alkyl or cyclic N) is 1. The van der Waals surface area contributed by atoms with Crippen LogP contribution in [-0.4, -0.2) is 70.5 Å². The standard InChI is InChI=1S/C17H33N3O5/c1-16(2,3)20(11-12-21)14(22)18-25-13-7-9-19(10-8-13)15(23)24-17(4,5)6/h13,21H,7-12H2,1-6H3,(H,18,22). The van der Waals surface area contributed by atoms with Gasteiger partial charge >= 0.3 is 12.1 Å². The summed E-state index contributed by atoms with van der Waals surface area (Å²) in [4.78, 5) is 32.9. The van der Waals surface area contributed by atoms with Crippen molar-refractivity contribution in [1.82, 2.24) is 15.3 Å². The Morgan fingerprint density at radius 1 is 1.16 bits per heavy atom. The molecule has 1 saturated heterocycles. The summed E-state index contributed by atoms with van der Waals surface area (Å²) in [6, 6.07) is -0.379. The minimum Gasteiger partial charge on any atom is -0.444 e. The second kappa shape index (κ2) is 8.71. The number of hydrogen-bond acceptors (Lipinski definition) is 5. The number of piperidine rings is 1. The molecule has 0 atom stereocenters. The predicted molar refractivity (Wildman–Crippen MR) is 94.0 cm³/mol. The van der Waals surface area contributed by atoms with Gasteiger partial charge < -0.3 is 19.6 Å². The van der Waals surface area contributed by atoms with Gasteiger partial charge in [-0.2, -0.15) is 0 Å². The zero-order chi connectivity index (χ0) is 19.3. The number of hydrogen-bond donors (Lipinski definition) is 2. The van der Waals surface area contributed by atoms with E-state index in [-0.39, 0.29) is 31.4 Å². The number of urea groups is 1. The lowest BCUT2D eigenvalue weighted by molar-refractivity contribution is -0.0494. The molecule has 25 heavy (non-hydrogen) atoms. The number of nitrogens with one attached hydrogen (secondary N) is 1. The summed E-state index contributed by atoms with van der Waals surface area (Å²) in [7, 11) is 0. The summed E-state index contributed by atoms with van der Waals surface area (Å²) in [6.07, 6.45) is 0.764. The first kappa shape index (κ1) is 21.5. The van der Waals surface area contributed by atoms with Crippen molar-refractivity contribution in [3.63, 3.8) is 0 Å². The van der Waals surface area contributed by atoms with Gasteiger partial charge in [0, 0.05) is 25.2 Å². The molecule has 0 unspecified atom stereocenters. The largest absolute Gasteiger partial charge is 0.444 e. The number of hydroxylamine groups is 1. The molecule has 0 aromatic heterocycles. The van der Waals surface area contributed by atoms with Gasteiger partial charge in [-0.15, -0.1) is 0 Å². The van der Waals surface area contributed by atoms with E-state index in [4.69, 9.17) is 14.7 Å². The second-order valence-electron chi connectivity index (χ2n) is 8.24. The van der Waals surface area contributed by atoms with Crippen LogP contribution in [0.5, 0.6) is 0 Å². The van der Waals surface area contributed by atoms with E-state index < -0.39 is 11.1 Å². The normalized spacial score (nSPS) is 16.5. The maximum absolute atomic E-state index is 12.2. The topological polar surface area (TPSA) is 91.3 Å². The third-order valence-corrected chi connectivity index (χ3v) is 3.79. The Morgan fingerprint density at radius 2 is 1.72 bits per heavy atom. The number of aliphatic hydroxyl groups is 1. The molecule has 3 amide bonds. The number of nitrogens with zero attached hydrogens (tertiary/aromatic N) is 2. The van der Waals surface area contributed by atoms with Crippen LogP contribution in [0.15, 0.2) is 0 Å². The molecule has 0 bridgehead atoms. The van der Waals surface area contributed by atoms with Crippen LogP contribution in [0.1, 0.15) is 54.4 Å². The monoisotopic (exact) mass is 359 g/mol. The fourth-order valence-electron chi connectivity index (χ4n) is 2.51. The highest BCUT2D eigenvalue weighted by Gasteiger charge is 2.29. The molecule has 8 heteroatoms. The number of amides is 3. The summed E-state index contributed by atoms with van der Waals surface area (Å²) in [6.45, 7) is 12.3. The summed E-state index contributed by atoms with van der Waals surface area (Å²) < 4.78 is 5.35. The fraction of sp³-hybridized carbons (Fsp3) is 0.882. The molecule has 1 heterocycles. The quantitative estimate of drug-likeness (QED) is 0.750. The molecule has 0 aromatic carbocycles. The third-order valence-electron chi connectivity index (χ3n) is 3.79. The van der Waals surface area contributed by atoms with Crippen LogP contribution in [0.3, 0.4) is 0 Å². The molecule has 0 saturated carbocycles. The highest BCUT2D eigenvalue weighted by atomic mass is 16.7. The van der Waals surface area contributed by atoms with Crippen LogP contribution in [0.4, 0.5) is 9.59 Å². The van der Waals surface area contributed by atoms with Crippen molar-refractivity contribution in [2.45, 2.75) is 71.6 Å². The van der Waals surface area contributed by atoms with Gasteiger partial charge in [0.05, 0.1) is 12.7 Å². The van der Waals surface area contributed by atoms with E-state index in [1.807, 2.05) is 41.5 Å². The van der Waals surface area contributed by atoms with Gasteiger partial charge in [-0.05, 0) is 54.4 Å². The smallest absolute Gasteiger partial charge is 0.410 e. The van der Waals surface area contributed by atoms with Gasteiger partial charge in [0.2, 0.25) is 0 Å². The van der Waals surface area contributed by atoms with Crippen molar-refractivity contribution >= 4 is 12.1 Å². The second-order valence-corrected chi connectivity index (χ2v) is 8.24. The van der Waals surface area contributed by atoms with Crippen LogP contribution in [-0.2, 0) is 9.57 Å². The van der Waals surface area contributed by atoms with Gasteiger partial charge in [-0.3, -0.25) is 4.84 Å². The number of carbonyl (C=O) groups excluding carboxylic acids is 2. The lowest BCUT2D eigenvalue weighted by Crippen LogP contribution is -2.52. The summed E-state index contributed by atoms with van der Waals surface area (Å²) >= 11 is 0. The summed E-state index contributed by atoms with van der Waals surface area (Å²) in [5, 5.41) is 9.12. The fourth-order valence-corrected chi connectivity index (χ4v) is 2.51. The molecule has 0 spiro atoms. The van der Waals surface area contributed by atoms with Crippen LogP contribution in [0.25, 0.3) is 0 Å². The SMILES string of the molecule is CC(C)(C)OC(=O)N1CCC(ONC(=O)N(CCO)C(C)(C)C)CC1. The van der Waals surface area contributed by atoms with Gasteiger partial charge in [0.25, 0.3) is 0 Å². The van der Waals surface area contributed by atoms with Crippen molar-refractivity contribution in [3.05, 3.63) is 0 Å². The molecule has 1 rings (SSSR count). The Labute approximate surface area is 150 Å². The highest BCUT2D eigenvalue weighted by Crippen LogP contribution is 2.17. The number of ether oxygens (including phenoxy) is 1. The van der Waals surface area contributed by atoms with Crippen molar-refractivity contribution in [1.29, 1.82) is 0 Å². The molecule has 1 aliphatic heterocycles. The van der Waals surface area contributed by atoms with Gasteiger partial charge in [0.1, 0.15) is 5.60 Å². The van der Waals surface area contributed by atoms with Crippen molar-refractivity contribution in [2.24, 2.45) is 0 Å². The molecule has 1 fully saturated rings. The van der Waals surface area contributed by atoms with Gasteiger partial charge in [-0.1, -0.05) is 0 Å². The minimum absolute atomic E-state index is 0.112. The van der Waals surface area contributed by atoms with E-state index in [0.717, 1.165) is 0 Å². The number of likely N-dealkylation sites (tertiary alicyclic amines) is 1. The zero-order valence-electron chi connectivity index (χ0n) is 16.3. The summed E-state index contributed by atoms with van der Waals surface area (Å²) in [5.74, 6) is 0. The van der Waals surface area contributed by atoms with Crippen molar-refractivity contribution in [2.75, 3.05) is 26.2 Å². The van der Waals surface area contributed by atoms with Crippen LogP contribution < -0.4 is 5.48 Å². The number of aliphatic hydroxyl groups excluding tert-OH is 1. The average Bonchev–Trinajstić information content (AvgIpc) is 2.48. The maximum Gasteiger partial charge on any atom is 0.410 e. The minimum atomic E-state index is -0.512. The number of carbonyl (C=O) groups is 2.